The molecule has 0 aliphatic heterocycles. The minimum atomic E-state index is -0.321. The predicted octanol–water partition coefficient (Wildman–Crippen LogP) is 4.36. The second-order valence-electron chi connectivity index (χ2n) is 8.54. The number of methoxy groups -OCH3 is 1. The zero-order chi connectivity index (χ0) is 17.8. The molecule has 2 rings (SSSR count). The minimum Gasteiger partial charge on any atom is -0.469 e. The molecule has 2 bridgehead atoms. The SMILES string of the molecule is CC(C)(C)OC(=O)C1CC2CCC1C2.CCC(C)(C)C(=O)OC. The summed E-state index contributed by atoms with van der Waals surface area (Å²) in [5, 5.41) is 0. The summed E-state index contributed by atoms with van der Waals surface area (Å²) in [7, 11) is 1.42. The predicted molar refractivity (Wildman–Crippen MR) is 90.9 cm³/mol. The second kappa shape index (κ2) is 7.67. The summed E-state index contributed by atoms with van der Waals surface area (Å²) >= 11 is 0. The maximum atomic E-state index is 11.8. The summed E-state index contributed by atoms with van der Waals surface area (Å²) in [6, 6.07) is 0. The number of carbonyl (C=O) groups is 2. The van der Waals surface area contributed by atoms with Crippen molar-refractivity contribution in [3.63, 3.8) is 0 Å². The molecule has 0 heterocycles. The molecule has 0 amide bonds. The highest BCUT2D eigenvalue weighted by atomic mass is 16.6. The zero-order valence-corrected chi connectivity index (χ0v) is 15.9. The van der Waals surface area contributed by atoms with Crippen LogP contribution in [0.1, 0.15) is 73.6 Å². The van der Waals surface area contributed by atoms with Crippen LogP contribution in [0.4, 0.5) is 0 Å². The van der Waals surface area contributed by atoms with E-state index < -0.39 is 0 Å². The first kappa shape index (κ1) is 20.0. The second-order valence-corrected chi connectivity index (χ2v) is 8.54. The Bertz CT molecular complexity index is 420. The summed E-state index contributed by atoms with van der Waals surface area (Å²) in [5.74, 6) is 1.58. The Balaban J connectivity index is 0.000000257. The highest BCUT2D eigenvalue weighted by molar-refractivity contribution is 5.75. The standard InChI is InChI=1S/C12H20O2.C7H14O2/c1-12(2,3)14-11(13)10-7-8-4-5-9(10)6-8;1-5-7(2,3)6(8)9-4/h8-10H,4-7H2,1-3H3;5H2,1-4H3. The average molecular weight is 326 g/mol. The van der Waals surface area contributed by atoms with Crippen LogP contribution in [0.15, 0.2) is 0 Å². The molecule has 0 N–H and O–H groups in total. The van der Waals surface area contributed by atoms with Crippen molar-refractivity contribution in [2.45, 2.75) is 79.2 Å². The number of hydrogen-bond acceptors (Lipinski definition) is 4. The van der Waals surface area contributed by atoms with Crippen LogP contribution in [0.5, 0.6) is 0 Å². The molecular weight excluding hydrogens is 292 g/mol. The molecule has 0 aromatic carbocycles. The fraction of sp³-hybridized carbons (Fsp3) is 0.895. The van der Waals surface area contributed by atoms with Gasteiger partial charge in [0.2, 0.25) is 0 Å². The van der Waals surface area contributed by atoms with Gasteiger partial charge in [0, 0.05) is 0 Å². The van der Waals surface area contributed by atoms with Crippen LogP contribution >= 0.6 is 0 Å². The van der Waals surface area contributed by atoms with Crippen LogP contribution < -0.4 is 0 Å². The number of carbonyl (C=O) groups excluding carboxylic acids is 2. The Morgan fingerprint density at radius 3 is 1.96 bits per heavy atom. The van der Waals surface area contributed by atoms with E-state index in [1.165, 1.54) is 26.4 Å². The normalized spacial score (nSPS) is 26.3. The first-order valence-corrected chi connectivity index (χ1v) is 8.81. The number of rotatable bonds is 3. The van der Waals surface area contributed by atoms with Crippen LogP contribution in [0.25, 0.3) is 0 Å². The molecular formula is C19H34O4. The summed E-state index contributed by atoms with van der Waals surface area (Å²) in [6.07, 6.45) is 5.75. The number of ether oxygens (including phenoxy) is 2. The van der Waals surface area contributed by atoms with E-state index in [0.29, 0.717) is 5.92 Å². The van der Waals surface area contributed by atoms with E-state index in [9.17, 15) is 9.59 Å². The van der Waals surface area contributed by atoms with Gasteiger partial charge >= 0.3 is 11.9 Å². The molecule has 0 spiro atoms. The summed E-state index contributed by atoms with van der Waals surface area (Å²) in [5.41, 5.74) is -0.631. The Kier molecular flexibility index (Phi) is 6.67. The van der Waals surface area contributed by atoms with Crippen LogP contribution in [-0.4, -0.2) is 24.6 Å². The first-order valence-electron chi connectivity index (χ1n) is 8.81. The van der Waals surface area contributed by atoms with Gasteiger partial charge < -0.3 is 9.47 Å². The smallest absolute Gasteiger partial charge is 0.311 e. The minimum absolute atomic E-state index is 0.0460. The summed E-state index contributed by atoms with van der Waals surface area (Å²) in [4.78, 5) is 22.7. The molecule has 0 aromatic rings. The lowest BCUT2D eigenvalue weighted by atomic mass is 9.89. The molecule has 3 unspecified atom stereocenters. The molecule has 0 aromatic heterocycles. The molecule has 2 aliphatic carbocycles. The Morgan fingerprint density at radius 2 is 1.65 bits per heavy atom. The molecule has 2 aliphatic rings. The van der Waals surface area contributed by atoms with E-state index in [-0.39, 0.29) is 28.9 Å². The van der Waals surface area contributed by atoms with Gasteiger partial charge in [-0.2, -0.15) is 0 Å². The molecule has 0 radical (unpaired) electrons. The third-order valence-electron chi connectivity index (χ3n) is 5.07. The van der Waals surface area contributed by atoms with E-state index in [1.54, 1.807) is 0 Å². The van der Waals surface area contributed by atoms with Crippen molar-refractivity contribution >= 4 is 11.9 Å². The van der Waals surface area contributed by atoms with Gasteiger partial charge in [0.25, 0.3) is 0 Å². The fourth-order valence-electron chi connectivity index (χ4n) is 3.33. The summed E-state index contributed by atoms with van der Waals surface area (Å²) in [6.45, 7) is 11.5. The van der Waals surface area contributed by atoms with Gasteiger partial charge in [0.15, 0.2) is 0 Å². The van der Waals surface area contributed by atoms with Crippen LogP contribution in [0.2, 0.25) is 0 Å². The Labute approximate surface area is 141 Å². The van der Waals surface area contributed by atoms with Gasteiger partial charge in [0.05, 0.1) is 18.4 Å². The molecule has 2 saturated carbocycles. The molecule has 4 heteroatoms. The van der Waals surface area contributed by atoms with E-state index in [4.69, 9.17) is 4.74 Å². The molecule has 3 atom stereocenters. The Hall–Kier alpha value is -1.06. The van der Waals surface area contributed by atoms with Crippen molar-refractivity contribution in [3.05, 3.63) is 0 Å². The first-order chi connectivity index (χ1) is 10.5. The maximum Gasteiger partial charge on any atom is 0.311 e. The third kappa shape index (κ3) is 5.82. The lowest BCUT2D eigenvalue weighted by Crippen LogP contribution is -2.31. The van der Waals surface area contributed by atoms with Gasteiger partial charge in [-0.15, -0.1) is 0 Å². The van der Waals surface area contributed by atoms with Gasteiger partial charge in [-0.1, -0.05) is 13.3 Å². The quantitative estimate of drug-likeness (QED) is 0.723. The van der Waals surface area contributed by atoms with Crippen molar-refractivity contribution in [3.8, 4) is 0 Å². The van der Waals surface area contributed by atoms with E-state index in [2.05, 4.69) is 4.74 Å². The molecule has 4 nitrogen and oxygen atoms in total. The summed E-state index contributed by atoms with van der Waals surface area (Å²) < 4.78 is 10.0. The molecule has 0 saturated heterocycles. The van der Waals surface area contributed by atoms with Crippen LogP contribution in [0, 0.1) is 23.2 Å². The van der Waals surface area contributed by atoms with Gasteiger partial charge in [-0.05, 0) is 72.1 Å². The van der Waals surface area contributed by atoms with Crippen molar-refractivity contribution in [2.24, 2.45) is 23.2 Å². The lowest BCUT2D eigenvalue weighted by molar-refractivity contribution is -0.161. The van der Waals surface area contributed by atoms with Gasteiger partial charge in [0.1, 0.15) is 5.60 Å². The average Bonchev–Trinajstić information content (AvgIpc) is 3.08. The number of esters is 2. The van der Waals surface area contributed by atoms with E-state index in [1.807, 2.05) is 41.5 Å². The topological polar surface area (TPSA) is 52.6 Å². The van der Waals surface area contributed by atoms with Crippen molar-refractivity contribution in [1.29, 1.82) is 0 Å². The van der Waals surface area contributed by atoms with Gasteiger partial charge in [-0.3, -0.25) is 9.59 Å². The van der Waals surface area contributed by atoms with Crippen LogP contribution in [0.3, 0.4) is 0 Å². The molecule has 2 fully saturated rings. The monoisotopic (exact) mass is 326 g/mol. The van der Waals surface area contributed by atoms with E-state index in [0.717, 1.165) is 18.8 Å². The fourth-order valence-corrected chi connectivity index (χ4v) is 3.33. The van der Waals surface area contributed by atoms with Crippen molar-refractivity contribution < 1.29 is 19.1 Å². The Morgan fingerprint density at radius 1 is 1.04 bits per heavy atom. The number of fused-ring (bicyclic) bond motifs is 2. The number of hydrogen-bond donors (Lipinski definition) is 0. The van der Waals surface area contributed by atoms with E-state index >= 15 is 0 Å². The van der Waals surface area contributed by atoms with Crippen molar-refractivity contribution in [2.75, 3.05) is 7.11 Å². The molecule has 23 heavy (non-hydrogen) atoms. The molecule has 134 valence electrons. The van der Waals surface area contributed by atoms with Crippen molar-refractivity contribution in [1.82, 2.24) is 0 Å². The largest absolute Gasteiger partial charge is 0.469 e. The van der Waals surface area contributed by atoms with Gasteiger partial charge in [-0.25, -0.2) is 0 Å². The third-order valence-corrected chi connectivity index (χ3v) is 5.07. The zero-order valence-electron chi connectivity index (χ0n) is 15.9. The highest BCUT2D eigenvalue weighted by Gasteiger charge is 2.44. The maximum absolute atomic E-state index is 11.8. The lowest BCUT2D eigenvalue weighted by Gasteiger charge is -2.26. The highest BCUT2D eigenvalue weighted by Crippen LogP contribution is 2.48. The van der Waals surface area contributed by atoms with Crippen LogP contribution in [-0.2, 0) is 19.1 Å².